The number of nitrogens with zero attached hydrogens (tertiary/aromatic N) is 1. The SMILES string of the molecule is CCc1csc(C(Cc2ccc(NS(=O)(=O)O)cc2)NCCCC(=O)c2ccc3c(c2)OCCCO3)n1. The molecule has 3 aromatic rings. The van der Waals surface area contributed by atoms with Gasteiger partial charge in [0.25, 0.3) is 0 Å². The van der Waals surface area contributed by atoms with Crippen molar-refractivity contribution in [3.63, 3.8) is 0 Å². The highest BCUT2D eigenvalue weighted by molar-refractivity contribution is 7.87. The van der Waals surface area contributed by atoms with Crippen LogP contribution in [0.5, 0.6) is 11.5 Å². The molecule has 0 saturated heterocycles. The molecular weight excluding hydrogens is 514 g/mol. The van der Waals surface area contributed by atoms with Crippen molar-refractivity contribution in [3.05, 3.63) is 69.7 Å². The molecule has 1 aromatic heterocycles. The van der Waals surface area contributed by atoms with Gasteiger partial charge in [0.1, 0.15) is 5.01 Å². The van der Waals surface area contributed by atoms with Gasteiger partial charge in [-0.05, 0) is 61.7 Å². The number of hydrogen-bond donors (Lipinski definition) is 3. The van der Waals surface area contributed by atoms with Gasteiger partial charge >= 0.3 is 10.3 Å². The summed E-state index contributed by atoms with van der Waals surface area (Å²) in [5.74, 6) is 1.35. The molecule has 1 atom stereocenters. The summed E-state index contributed by atoms with van der Waals surface area (Å²) < 4.78 is 44.4. The zero-order valence-electron chi connectivity index (χ0n) is 20.6. The van der Waals surface area contributed by atoms with Crippen molar-refractivity contribution >= 4 is 33.1 Å². The molecule has 0 aliphatic carbocycles. The van der Waals surface area contributed by atoms with Crippen LogP contribution in [0.2, 0.25) is 0 Å². The van der Waals surface area contributed by atoms with E-state index in [1.54, 1.807) is 41.7 Å². The van der Waals surface area contributed by atoms with Crippen molar-refractivity contribution < 1.29 is 27.2 Å². The minimum absolute atomic E-state index is 0.0541. The molecule has 0 bridgehead atoms. The number of rotatable bonds is 12. The van der Waals surface area contributed by atoms with E-state index in [2.05, 4.69) is 17.6 Å². The molecule has 9 nitrogen and oxygen atoms in total. The first kappa shape index (κ1) is 27.1. The largest absolute Gasteiger partial charge is 0.490 e. The van der Waals surface area contributed by atoms with E-state index in [1.165, 1.54) is 0 Å². The Morgan fingerprint density at radius 2 is 1.89 bits per heavy atom. The number of carbonyl (C=O) groups excluding carboxylic acids is 1. The highest BCUT2D eigenvalue weighted by Gasteiger charge is 2.18. The monoisotopic (exact) mass is 545 g/mol. The topological polar surface area (TPSA) is 127 Å². The number of aryl methyl sites for hydroxylation is 1. The maximum atomic E-state index is 12.8. The minimum Gasteiger partial charge on any atom is -0.490 e. The minimum atomic E-state index is -4.32. The third-order valence-corrected chi connectivity index (χ3v) is 7.41. The summed E-state index contributed by atoms with van der Waals surface area (Å²) >= 11 is 1.60. The highest BCUT2D eigenvalue weighted by Crippen LogP contribution is 2.31. The zero-order valence-corrected chi connectivity index (χ0v) is 22.2. The molecule has 37 heavy (non-hydrogen) atoms. The van der Waals surface area contributed by atoms with Crippen LogP contribution in [0.4, 0.5) is 5.69 Å². The van der Waals surface area contributed by atoms with Crippen LogP contribution in [0.3, 0.4) is 0 Å². The Kier molecular flexibility index (Phi) is 9.14. The van der Waals surface area contributed by atoms with Crippen molar-refractivity contribution in [3.8, 4) is 11.5 Å². The van der Waals surface area contributed by atoms with Gasteiger partial charge in [-0.15, -0.1) is 11.3 Å². The van der Waals surface area contributed by atoms with Crippen LogP contribution in [0.1, 0.15) is 58.9 Å². The Bertz CT molecular complexity index is 1310. The number of thiazole rings is 1. The molecule has 0 spiro atoms. The van der Waals surface area contributed by atoms with Crippen molar-refractivity contribution in [2.45, 2.75) is 45.1 Å². The number of ether oxygens (including phenoxy) is 2. The molecule has 1 unspecified atom stereocenters. The van der Waals surface area contributed by atoms with E-state index in [9.17, 15) is 13.2 Å². The van der Waals surface area contributed by atoms with E-state index in [1.807, 2.05) is 16.9 Å². The first-order valence-electron chi connectivity index (χ1n) is 12.3. The summed E-state index contributed by atoms with van der Waals surface area (Å²) in [7, 11) is -4.32. The second-order valence-electron chi connectivity index (χ2n) is 8.75. The number of anilines is 1. The van der Waals surface area contributed by atoms with E-state index in [-0.39, 0.29) is 17.5 Å². The van der Waals surface area contributed by atoms with Gasteiger partial charge in [-0.2, -0.15) is 8.42 Å². The van der Waals surface area contributed by atoms with E-state index in [0.717, 1.165) is 29.1 Å². The van der Waals surface area contributed by atoms with Gasteiger partial charge in [-0.25, -0.2) is 4.98 Å². The molecule has 2 heterocycles. The fraction of sp³-hybridized carbons (Fsp3) is 0.385. The van der Waals surface area contributed by atoms with Crippen LogP contribution in [-0.2, 0) is 23.1 Å². The van der Waals surface area contributed by atoms with Crippen LogP contribution < -0.4 is 19.5 Å². The lowest BCUT2D eigenvalue weighted by molar-refractivity contribution is 0.0979. The Balaban J connectivity index is 1.35. The summed E-state index contributed by atoms with van der Waals surface area (Å²) in [5, 5.41) is 6.56. The average molecular weight is 546 g/mol. The molecular formula is C26H31N3O6S2. The number of aromatic nitrogens is 1. The zero-order chi connectivity index (χ0) is 26.3. The van der Waals surface area contributed by atoms with Gasteiger partial charge in [0.15, 0.2) is 17.3 Å². The smallest absolute Gasteiger partial charge is 0.357 e. The van der Waals surface area contributed by atoms with Gasteiger partial charge in [0, 0.05) is 23.8 Å². The van der Waals surface area contributed by atoms with Gasteiger partial charge in [-0.3, -0.25) is 14.1 Å². The van der Waals surface area contributed by atoms with E-state index in [0.29, 0.717) is 56.1 Å². The number of hydrogen-bond acceptors (Lipinski definition) is 8. The van der Waals surface area contributed by atoms with Crippen LogP contribution in [-0.4, -0.2) is 43.5 Å². The van der Waals surface area contributed by atoms with Crippen molar-refractivity contribution in [2.24, 2.45) is 0 Å². The standard InChI is InChI=1S/C26H31N3O6S2/c1-2-20-17-36-26(28-20)22(15-18-6-9-21(10-7-18)29-37(31,32)33)27-12-3-5-23(30)19-8-11-24-25(16-19)35-14-4-13-34-24/h6-11,16-17,22,27,29H,2-5,12-15H2,1H3,(H,31,32,33). The summed E-state index contributed by atoms with van der Waals surface area (Å²) in [5.41, 5.74) is 2.91. The van der Waals surface area contributed by atoms with Gasteiger partial charge < -0.3 is 14.8 Å². The number of benzene rings is 2. The molecule has 11 heteroatoms. The van der Waals surface area contributed by atoms with Gasteiger partial charge in [0.05, 0.1) is 30.6 Å². The molecule has 2 aromatic carbocycles. The number of nitrogens with one attached hydrogen (secondary N) is 2. The highest BCUT2D eigenvalue weighted by atomic mass is 32.2. The quantitative estimate of drug-likeness (QED) is 0.171. The fourth-order valence-electron chi connectivity index (χ4n) is 3.99. The van der Waals surface area contributed by atoms with Crippen LogP contribution in [0, 0.1) is 0 Å². The number of fused-ring (bicyclic) bond motifs is 1. The molecule has 0 fully saturated rings. The molecule has 0 amide bonds. The van der Waals surface area contributed by atoms with Crippen molar-refractivity contribution in [1.29, 1.82) is 0 Å². The number of carbonyl (C=O) groups is 1. The van der Waals surface area contributed by atoms with E-state index >= 15 is 0 Å². The maximum absolute atomic E-state index is 12.8. The first-order chi connectivity index (χ1) is 17.8. The molecule has 1 aliphatic heterocycles. The lowest BCUT2D eigenvalue weighted by atomic mass is 10.0. The number of Topliss-reactive ketones (excluding diaryl/α,β-unsaturated/α-hetero) is 1. The predicted octanol–water partition coefficient (Wildman–Crippen LogP) is 4.62. The van der Waals surface area contributed by atoms with Crippen molar-refractivity contribution in [1.82, 2.24) is 10.3 Å². The third-order valence-electron chi connectivity index (χ3n) is 5.91. The average Bonchev–Trinajstić information content (AvgIpc) is 3.23. The summed E-state index contributed by atoms with van der Waals surface area (Å²) in [4.78, 5) is 17.5. The summed E-state index contributed by atoms with van der Waals surface area (Å²) in [6.45, 7) is 3.88. The summed E-state index contributed by atoms with van der Waals surface area (Å²) in [6.07, 6.45) is 3.36. The van der Waals surface area contributed by atoms with E-state index in [4.69, 9.17) is 19.0 Å². The third kappa shape index (κ3) is 8.00. The van der Waals surface area contributed by atoms with Crippen molar-refractivity contribution in [2.75, 3.05) is 24.5 Å². The van der Waals surface area contributed by atoms with Gasteiger partial charge in [0.2, 0.25) is 0 Å². The Morgan fingerprint density at radius 3 is 2.59 bits per heavy atom. The molecule has 0 radical (unpaired) electrons. The Labute approximate surface area is 221 Å². The molecule has 4 rings (SSSR count). The lowest BCUT2D eigenvalue weighted by Crippen LogP contribution is -2.25. The predicted molar refractivity (Wildman–Crippen MR) is 143 cm³/mol. The number of ketones is 1. The molecule has 198 valence electrons. The Hall–Kier alpha value is -2.99. The van der Waals surface area contributed by atoms with Crippen LogP contribution in [0.15, 0.2) is 47.8 Å². The Morgan fingerprint density at radius 1 is 1.14 bits per heavy atom. The maximum Gasteiger partial charge on any atom is 0.357 e. The van der Waals surface area contributed by atoms with Crippen LogP contribution in [0.25, 0.3) is 0 Å². The van der Waals surface area contributed by atoms with Crippen LogP contribution >= 0.6 is 11.3 Å². The molecule has 0 saturated carbocycles. The fourth-order valence-corrected chi connectivity index (χ4v) is 5.40. The normalized spacial score (nSPS) is 14.1. The summed E-state index contributed by atoms with van der Waals surface area (Å²) in [6, 6.07) is 12.1. The van der Waals surface area contributed by atoms with Gasteiger partial charge in [-0.1, -0.05) is 19.1 Å². The van der Waals surface area contributed by atoms with E-state index < -0.39 is 10.3 Å². The second-order valence-corrected chi connectivity index (χ2v) is 10.8. The lowest BCUT2D eigenvalue weighted by Gasteiger charge is -2.17. The molecule has 1 aliphatic rings. The second kappa shape index (κ2) is 12.5. The first-order valence-corrected chi connectivity index (χ1v) is 14.6. The molecule has 3 N–H and O–H groups in total.